The highest BCUT2D eigenvalue weighted by molar-refractivity contribution is 6.32. The third-order valence-corrected chi connectivity index (χ3v) is 4.07. The molecule has 0 spiro atoms. The van der Waals surface area contributed by atoms with Gasteiger partial charge in [0, 0.05) is 5.69 Å². The monoisotopic (exact) mass is 410 g/mol. The molecule has 0 unspecified atom stereocenters. The summed E-state index contributed by atoms with van der Waals surface area (Å²) in [6, 6.07) is 23.0. The number of nitrogens with one attached hydrogen (secondary N) is 2. The molecule has 0 fully saturated rings. The standard InChI is InChI=1S/C22H19ClN2O4/c23-19-8-4-5-9-20(19)29-18-12-10-16(11-13-18)25-21(26)14-24-22(27)15-28-17-6-2-1-3-7-17/h1-13H,14-15H2,(H,24,27)(H,25,26). The summed E-state index contributed by atoms with van der Waals surface area (Å²) in [5.41, 5.74) is 0.580. The van der Waals surface area contributed by atoms with Crippen LogP contribution in [-0.4, -0.2) is 25.0 Å². The summed E-state index contributed by atoms with van der Waals surface area (Å²) in [5.74, 6) is 0.991. The predicted molar refractivity (Wildman–Crippen MR) is 112 cm³/mol. The molecule has 0 atom stereocenters. The van der Waals surface area contributed by atoms with Crippen LogP contribution in [0.2, 0.25) is 5.02 Å². The Labute approximate surface area is 173 Å². The molecule has 0 aliphatic carbocycles. The van der Waals surface area contributed by atoms with Crippen LogP contribution in [0.25, 0.3) is 0 Å². The van der Waals surface area contributed by atoms with Crippen molar-refractivity contribution in [1.82, 2.24) is 5.32 Å². The highest BCUT2D eigenvalue weighted by atomic mass is 35.5. The van der Waals surface area contributed by atoms with Gasteiger partial charge in [-0.1, -0.05) is 41.9 Å². The Bertz CT molecular complexity index is 962. The van der Waals surface area contributed by atoms with Gasteiger partial charge >= 0.3 is 0 Å². The van der Waals surface area contributed by atoms with Gasteiger partial charge in [0.2, 0.25) is 5.91 Å². The van der Waals surface area contributed by atoms with Gasteiger partial charge < -0.3 is 20.1 Å². The van der Waals surface area contributed by atoms with Gasteiger partial charge in [0.25, 0.3) is 5.91 Å². The van der Waals surface area contributed by atoms with E-state index in [0.717, 1.165) is 0 Å². The minimum atomic E-state index is -0.382. The van der Waals surface area contributed by atoms with E-state index in [2.05, 4.69) is 10.6 Å². The lowest BCUT2D eigenvalue weighted by atomic mass is 10.3. The average molecular weight is 411 g/mol. The lowest BCUT2D eigenvalue weighted by Crippen LogP contribution is -2.35. The lowest BCUT2D eigenvalue weighted by Gasteiger charge is -2.10. The van der Waals surface area contributed by atoms with E-state index in [9.17, 15) is 9.59 Å². The van der Waals surface area contributed by atoms with Crippen LogP contribution in [0.1, 0.15) is 0 Å². The normalized spacial score (nSPS) is 10.1. The topological polar surface area (TPSA) is 76.7 Å². The molecule has 0 aromatic heterocycles. The number of hydrogen-bond acceptors (Lipinski definition) is 4. The van der Waals surface area contributed by atoms with Crippen LogP contribution in [0.15, 0.2) is 78.9 Å². The van der Waals surface area contributed by atoms with Crippen molar-refractivity contribution >= 4 is 29.1 Å². The van der Waals surface area contributed by atoms with E-state index in [-0.39, 0.29) is 25.0 Å². The molecule has 0 heterocycles. The zero-order chi connectivity index (χ0) is 20.5. The van der Waals surface area contributed by atoms with Crippen LogP contribution in [0.3, 0.4) is 0 Å². The third kappa shape index (κ3) is 6.55. The van der Waals surface area contributed by atoms with Crippen LogP contribution < -0.4 is 20.1 Å². The number of halogens is 1. The summed E-state index contributed by atoms with van der Waals surface area (Å²) in [6.45, 7) is -0.319. The van der Waals surface area contributed by atoms with Gasteiger partial charge in [0.05, 0.1) is 11.6 Å². The number of ether oxygens (including phenoxy) is 2. The molecule has 6 nitrogen and oxygen atoms in total. The maximum absolute atomic E-state index is 12.0. The Morgan fingerprint density at radius 1 is 0.793 bits per heavy atom. The minimum absolute atomic E-state index is 0.158. The summed E-state index contributed by atoms with van der Waals surface area (Å²) in [6.07, 6.45) is 0. The molecule has 0 saturated heterocycles. The molecule has 2 N–H and O–H groups in total. The maximum atomic E-state index is 12.0. The Balaban J connectivity index is 1.42. The van der Waals surface area contributed by atoms with Crippen LogP contribution in [0.4, 0.5) is 5.69 Å². The minimum Gasteiger partial charge on any atom is -0.484 e. The number of amides is 2. The molecule has 0 saturated carbocycles. The fraction of sp³-hybridized carbons (Fsp3) is 0.0909. The molecule has 29 heavy (non-hydrogen) atoms. The fourth-order valence-corrected chi connectivity index (χ4v) is 2.54. The third-order valence-electron chi connectivity index (χ3n) is 3.76. The van der Waals surface area contributed by atoms with E-state index in [1.165, 1.54) is 0 Å². The highest BCUT2D eigenvalue weighted by Crippen LogP contribution is 2.29. The largest absolute Gasteiger partial charge is 0.484 e. The first-order valence-corrected chi connectivity index (χ1v) is 9.25. The van der Waals surface area contributed by atoms with Crippen LogP contribution in [-0.2, 0) is 9.59 Å². The summed E-state index contributed by atoms with van der Waals surface area (Å²) in [5, 5.41) is 5.72. The zero-order valence-corrected chi connectivity index (χ0v) is 16.2. The summed E-state index contributed by atoms with van der Waals surface area (Å²) < 4.78 is 11.0. The number of carbonyl (C=O) groups excluding carboxylic acids is 2. The van der Waals surface area contributed by atoms with Crippen LogP contribution in [0, 0.1) is 0 Å². The molecular weight excluding hydrogens is 392 g/mol. The van der Waals surface area contributed by atoms with Gasteiger partial charge in [-0.15, -0.1) is 0 Å². The molecule has 3 aromatic rings. The van der Waals surface area contributed by atoms with Gasteiger partial charge in [0.15, 0.2) is 6.61 Å². The SMILES string of the molecule is O=C(COc1ccccc1)NCC(=O)Nc1ccc(Oc2ccccc2Cl)cc1. The van der Waals surface area contributed by atoms with Crippen molar-refractivity contribution in [2.24, 2.45) is 0 Å². The van der Waals surface area contributed by atoms with Crippen molar-refractivity contribution in [1.29, 1.82) is 0 Å². The van der Waals surface area contributed by atoms with Gasteiger partial charge in [-0.3, -0.25) is 9.59 Å². The summed E-state index contributed by atoms with van der Waals surface area (Å²) in [7, 11) is 0. The smallest absolute Gasteiger partial charge is 0.258 e. The fourth-order valence-electron chi connectivity index (χ4n) is 2.36. The maximum Gasteiger partial charge on any atom is 0.258 e. The molecule has 0 aliphatic heterocycles. The molecule has 0 radical (unpaired) electrons. The molecule has 7 heteroatoms. The van der Waals surface area contributed by atoms with E-state index in [4.69, 9.17) is 21.1 Å². The second kappa shape index (κ2) is 10.1. The first kappa shape index (κ1) is 20.2. The number of rotatable bonds is 8. The first-order chi connectivity index (χ1) is 14.1. The molecule has 3 rings (SSSR count). The number of para-hydroxylation sites is 2. The van der Waals surface area contributed by atoms with Crippen molar-refractivity contribution < 1.29 is 19.1 Å². The zero-order valence-electron chi connectivity index (χ0n) is 15.4. The van der Waals surface area contributed by atoms with Crippen molar-refractivity contribution in [3.63, 3.8) is 0 Å². The van der Waals surface area contributed by atoms with Crippen molar-refractivity contribution in [3.05, 3.63) is 83.9 Å². The van der Waals surface area contributed by atoms with Gasteiger partial charge in [0.1, 0.15) is 17.2 Å². The Morgan fingerprint density at radius 2 is 1.48 bits per heavy atom. The first-order valence-electron chi connectivity index (χ1n) is 8.87. The second-order valence-electron chi connectivity index (χ2n) is 5.98. The highest BCUT2D eigenvalue weighted by Gasteiger charge is 2.08. The second-order valence-corrected chi connectivity index (χ2v) is 6.39. The molecular formula is C22H19ClN2O4. The number of anilines is 1. The van der Waals surface area contributed by atoms with Crippen LogP contribution in [0.5, 0.6) is 17.2 Å². The van der Waals surface area contributed by atoms with E-state index in [0.29, 0.717) is 28.0 Å². The van der Waals surface area contributed by atoms with Crippen LogP contribution >= 0.6 is 11.6 Å². The van der Waals surface area contributed by atoms with E-state index in [1.54, 1.807) is 48.5 Å². The predicted octanol–water partition coefficient (Wildman–Crippen LogP) is 4.27. The molecule has 2 amide bonds. The Kier molecular flexibility index (Phi) is 7.08. The van der Waals surface area contributed by atoms with Gasteiger partial charge in [-0.25, -0.2) is 0 Å². The van der Waals surface area contributed by atoms with E-state index in [1.807, 2.05) is 30.3 Å². The Hall–Kier alpha value is -3.51. The quantitative estimate of drug-likeness (QED) is 0.581. The Morgan fingerprint density at radius 3 is 2.21 bits per heavy atom. The summed E-state index contributed by atoms with van der Waals surface area (Å²) in [4.78, 5) is 23.8. The number of carbonyl (C=O) groups is 2. The van der Waals surface area contributed by atoms with Gasteiger partial charge in [-0.2, -0.15) is 0 Å². The lowest BCUT2D eigenvalue weighted by molar-refractivity contribution is -0.125. The molecule has 3 aromatic carbocycles. The van der Waals surface area contributed by atoms with Crippen molar-refractivity contribution in [3.8, 4) is 17.2 Å². The number of benzene rings is 3. The number of hydrogen-bond donors (Lipinski definition) is 2. The van der Waals surface area contributed by atoms with Crippen molar-refractivity contribution in [2.75, 3.05) is 18.5 Å². The van der Waals surface area contributed by atoms with E-state index < -0.39 is 0 Å². The van der Waals surface area contributed by atoms with E-state index >= 15 is 0 Å². The van der Waals surface area contributed by atoms with Crippen molar-refractivity contribution in [2.45, 2.75) is 0 Å². The molecule has 0 bridgehead atoms. The molecule has 0 aliphatic rings. The average Bonchev–Trinajstić information content (AvgIpc) is 2.74. The molecule has 148 valence electrons. The van der Waals surface area contributed by atoms with Gasteiger partial charge in [-0.05, 0) is 48.5 Å². The summed E-state index contributed by atoms with van der Waals surface area (Å²) >= 11 is 6.07.